The van der Waals surface area contributed by atoms with Gasteiger partial charge in [-0.15, -0.1) is 0 Å². The van der Waals surface area contributed by atoms with E-state index in [1.807, 2.05) is 24.0 Å². The van der Waals surface area contributed by atoms with Crippen LogP contribution < -0.4 is 10.2 Å². The molecule has 76 valence electrons. The van der Waals surface area contributed by atoms with E-state index in [1.54, 1.807) is 0 Å². The summed E-state index contributed by atoms with van der Waals surface area (Å²) in [5, 5.41) is 3.33. The molecule has 3 nitrogen and oxygen atoms in total. The van der Waals surface area contributed by atoms with Crippen LogP contribution in [0, 0.1) is 0 Å². The van der Waals surface area contributed by atoms with Crippen LogP contribution in [0.25, 0.3) is 0 Å². The minimum atomic E-state index is 0.903. The van der Waals surface area contributed by atoms with Gasteiger partial charge in [0.25, 0.3) is 0 Å². The molecule has 1 aromatic heterocycles. The van der Waals surface area contributed by atoms with Crippen molar-refractivity contribution >= 4 is 23.3 Å². The lowest BCUT2D eigenvalue weighted by Gasteiger charge is -2.15. The molecule has 0 spiro atoms. The molecule has 0 radical (unpaired) electrons. The Morgan fingerprint density at radius 2 is 2.57 bits per heavy atom. The maximum Gasteiger partial charge on any atom is 0.153 e. The fourth-order valence-corrected chi connectivity index (χ4v) is 2.04. The van der Waals surface area contributed by atoms with Gasteiger partial charge in [0, 0.05) is 12.7 Å². The SMILES string of the molecule is CSCCCN1CNc2cccnc21. The van der Waals surface area contributed by atoms with Gasteiger partial charge in [-0.1, -0.05) is 0 Å². The van der Waals surface area contributed by atoms with Crippen LogP contribution in [0.5, 0.6) is 0 Å². The number of hydrogen-bond acceptors (Lipinski definition) is 4. The minimum absolute atomic E-state index is 0.903. The third-order valence-corrected chi connectivity index (χ3v) is 3.02. The van der Waals surface area contributed by atoms with Gasteiger partial charge in [0.1, 0.15) is 0 Å². The van der Waals surface area contributed by atoms with Crippen LogP contribution in [0.1, 0.15) is 6.42 Å². The molecule has 0 aliphatic carbocycles. The zero-order valence-corrected chi connectivity index (χ0v) is 9.18. The lowest BCUT2D eigenvalue weighted by molar-refractivity contribution is 0.815. The molecule has 0 fully saturated rings. The van der Waals surface area contributed by atoms with E-state index in [9.17, 15) is 0 Å². The molecule has 0 aromatic carbocycles. The Morgan fingerprint density at radius 3 is 3.43 bits per heavy atom. The first-order chi connectivity index (χ1) is 6.92. The van der Waals surface area contributed by atoms with E-state index in [1.165, 1.54) is 12.2 Å². The van der Waals surface area contributed by atoms with Crippen LogP contribution in [-0.4, -0.2) is 30.2 Å². The predicted octanol–water partition coefficient (Wildman–Crippen LogP) is 2.02. The van der Waals surface area contributed by atoms with Gasteiger partial charge >= 0.3 is 0 Å². The highest BCUT2D eigenvalue weighted by molar-refractivity contribution is 7.98. The van der Waals surface area contributed by atoms with Crippen molar-refractivity contribution in [3.63, 3.8) is 0 Å². The monoisotopic (exact) mass is 209 g/mol. The Labute approximate surface area is 88.9 Å². The summed E-state index contributed by atoms with van der Waals surface area (Å²) in [6.45, 7) is 2.00. The molecule has 2 heterocycles. The van der Waals surface area contributed by atoms with Crippen LogP contribution in [0.15, 0.2) is 18.3 Å². The highest BCUT2D eigenvalue weighted by atomic mass is 32.2. The number of aromatic nitrogens is 1. The van der Waals surface area contributed by atoms with E-state index in [0.717, 1.165) is 24.7 Å². The maximum absolute atomic E-state index is 4.38. The molecule has 0 atom stereocenters. The normalized spacial score (nSPS) is 13.9. The Morgan fingerprint density at radius 1 is 1.64 bits per heavy atom. The number of hydrogen-bond donors (Lipinski definition) is 1. The number of nitrogens with one attached hydrogen (secondary N) is 1. The average Bonchev–Trinajstić information content (AvgIpc) is 2.63. The minimum Gasteiger partial charge on any atom is -0.365 e. The first-order valence-corrected chi connectivity index (χ1v) is 6.24. The summed E-state index contributed by atoms with van der Waals surface area (Å²) in [5.41, 5.74) is 1.16. The van der Waals surface area contributed by atoms with Gasteiger partial charge in [-0.2, -0.15) is 11.8 Å². The van der Waals surface area contributed by atoms with Crippen molar-refractivity contribution in [1.29, 1.82) is 0 Å². The predicted molar refractivity (Wildman–Crippen MR) is 63.1 cm³/mol. The van der Waals surface area contributed by atoms with E-state index in [4.69, 9.17) is 0 Å². The van der Waals surface area contributed by atoms with Crippen molar-refractivity contribution in [2.45, 2.75) is 6.42 Å². The van der Waals surface area contributed by atoms with Crippen molar-refractivity contribution in [2.24, 2.45) is 0 Å². The second-order valence-electron chi connectivity index (χ2n) is 3.32. The third kappa shape index (κ3) is 1.95. The number of rotatable bonds is 4. The van der Waals surface area contributed by atoms with Gasteiger partial charge in [0.05, 0.1) is 12.4 Å². The third-order valence-electron chi connectivity index (χ3n) is 2.32. The summed E-state index contributed by atoms with van der Waals surface area (Å²) in [7, 11) is 0. The molecule has 1 aliphatic heterocycles. The van der Waals surface area contributed by atoms with Crippen molar-refractivity contribution in [2.75, 3.05) is 35.4 Å². The van der Waals surface area contributed by atoms with E-state index >= 15 is 0 Å². The van der Waals surface area contributed by atoms with Gasteiger partial charge in [-0.05, 0) is 30.6 Å². The Kier molecular flexibility index (Phi) is 3.14. The highest BCUT2D eigenvalue weighted by Crippen LogP contribution is 2.27. The zero-order chi connectivity index (χ0) is 9.80. The van der Waals surface area contributed by atoms with Crippen molar-refractivity contribution in [3.8, 4) is 0 Å². The number of thioether (sulfide) groups is 1. The molecular formula is C10H15N3S. The average molecular weight is 209 g/mol. The van der Waals surface area contributed by atoms with E-state index in [2.05, 4.69) is 27.5 Å². The van der Waals surface area contributed by atoms with E-state index in [0.29, 0.717) is 0 Å². The molecule has 0 amide bonds. The fraction of sp³-hybridized carbons (Fsp3) is 0.500. The van der Waals surface area contributed by atoms with E-state index in [-0.39, 0.29) is 0 Å². The summed E-state index contributed by atoms with van der Waals surface area (Å²) < 4.78 is 0. The zero-order valence-electron chi connectivity index (χ0n) is 8.36. The largest absolute Gasteiger partial charge is 0.365 e. The highest BCUT2D eigenvalue weighted by Gasteiger charge is 2.17. The first-order valence-electron chi connectivity index (χ1n) is 4.84. The Balaban J connectivity index is 1.96. The quantitative estimate of drug-likeness (QED) is 0.768. The maximum atomic E-state index is 4.38. The summed E-state index contributed by atoms with van der Waals surface area (Å²) in [4.78, 5) is 6.67. The van der Waals surface area contributed by atoms with Gasteiger partial charge in [-0.3, -0.25) is 0 Å². The Bertz CT molecular complexity index is 303. The number of pyridine rings is 1. The second-order valence-corrected chi connectivity index (χ2v) is 4.30. The molecule has 0 bridgehead atoms. The van der Waals surface area contributed by atoms with Crippen LogP contribution in [0.4, 0.5) is 11.5 Å². The molecule has 2 rings (SSSR count). The van der Waals surface area contributed by atoms with Gasteiger partial charge < -0.3 is 10.2 Å². The molecule has 1 N–H and O–H groups in total. The molecular weight excluding hydrogens is 194 g/mol. The molecule has 0 saturated carbocycles. The molecule has 0 saturated heterocycles. The Hall–Kier alpha value is -0.900. The van der Waals surface area contributed by atoms with Crippen LogP contribution in [-0.2, 0) is 0 Å². The van der Waals surface area contributed by atoms with Crippen molar-refractivity contribution < 1.29 is 0 Å². The summed E-state index contributed by atoms with van der Waals surface area (Å²) in [5.74, 6) is 2.33. The second kappa shape index (κ2) is 4.55. The van der Waals surface area contributed by atoms with Crippen molar-refractivity contribution in [1.82, 2.24) is 4.98 Å². The van der Waals surface area contributed by atoms with Crippen LogP contribution in [0.2, 0.25) is 0 Å². The molecule has 4 heteroatoms. The lowest BCUT2D eigenvalue weighted by atomic mass is 10.4. The summed E-state index contributed by atoms with van der Waals surface area (Å²) in [6.07, 6.45) is 5.22. The van der Waals surface area contributed by atoms with Crippen LogP contribution >= 0.6 is 11.8 Å². The number of fused-ring (bicyclic) bond motifs is 1. The van der Waals surface area contributed by atoms with Crippen LogP contribution in [0.3, 0.4) is 0 Å². The fourth-order valence-electron chi connectivity index (χ4n) is 1.63. The van der Waals surface area contributed by atoms with Gasteiger partial charge in [0.15, 0.2) is 5.82 Å². The molecule has 1 aromatic rings. The number of nitrogens with zero attached hydrogens (tertiary/aromatic N) is 2. The number of anilines is 2. The van der Waals surface area contributed by atoms with Gasteiger partial charge in [-0.25, -0.2) is 4.98 Å². The van der Waals surface area contributed by atoms with E-state index < -0.39 is 0 Å². The topological polar surface area (TPSA) is 28.2 Å². The van der Waals surface area contributed by atoms with Gasteiger partial charge in [0.2, 0.25) is 0 Å². The molecule has 14 heavy (non-hydrogen) atoms. The van der Waals surface area contributed by atoms with Crippen molar-refractivity contribution in [3.05, 3.63) is 18.3 Å². The molecule has 1 aliphatic rings. The first kappa shape index (κ1) is 9.65. The standard InChI is InChI=1S/C10H15N3S/c1-14-7-3-6-13-8-12-9-4-2-5-11-10(9)13/h2,4-5,12H,3,6-8H2,1H3. The lowest BCUT2D eigenvalue weighted by Crippen LogP contribution is -2.24. The summed E-state index contributed by atoms with van der Waals surface area (Å²) in [6, 6.07) is 4.05. The summed E-state index contributed by atoms with van der Waals surface area (Å²) >= 11 is 1.90. The smallest absolute Gasteiger partial charge is 0.153 e. The molecule has 0 unspecified atom stereocenters.